The maximum atomic E-state index is 14.0. The molecule has 0 fully saturated rings. The van der Waals surface area contributed by atoms with E-state index >= 15 is 0 Å². The van der Waals surface area contributed by atoms with Gasteiger partial charge in [-0.25, -0.2) is 8.42 Å². The van der Waals surface area contributed by atoms with Crippen LogP contribution in [0.15, 0.2) is 83.3 Å². The molecule has 0 spiro atoms. The van der Waals surface area contributed by atoms with Gasteiger partial charge in [0.05, 0.1) is 30.2 Å². The van der Waals surface area contributed by atoms with Crippen LogP contribution in [0.2, 0.25) is 0 Å². The smallest absolute Gasteiger partial charge is 0.255 e. The van der Waals surface area contributed by atoms with Gasteiger partial charge in [0.15, 0.2) is 5.78 Å². The van der Waals surface area contributed by atoms with Crippen molar-refractivity contribution in [2.75, 3.05) is 24.2 Å². The molecule has 0 atom stereocenters. The summed E-state index contributed by atoms with van der Waals surface area (Å²) in [6, 6.07) is 21.3. The number of sulfonamides is 1. The van der Waals surface area contributed by atoms with E-state index in [4.69, 9.17) is 26.2 Å². The molecule has 0 saturated carbocycles. The average Bonchev–Trinajstić information content (AvgIpc) is 3.49. The van der Waals surface area contributed by atoms with Crippen LogP contribution in [-0.2, 0) is 10.0 Å². The third-order valence-electron chi connectivity index (χ3n) is 7.76. The van der Waals surface area contributed by atoms with Crippen LogP contribution in [0, 0.1) is 6.92 Å². The van der Waals surface area contributed by atoms with Crippen molar-refractivity contribution in [2.24, 2.45) is 0 Å². The number of carbonyl (C=O) groups is 2. The molecule has 4 aromatic carbocycles. The van der Waals surface area contributed by atoms with Crippen LogP contribution in [0.1, 0.15) is 79.4 Å². The van der Waals surface area contributed by atoms with Crippen molar-refractivity contribution < 1.29 is 44.2 Å². The number of carbonyl (C=O) groups excluding carboxylic acids is 2. The number of fused-ring (bicyclic) bond motifs is 1. The van der Waals surface area contributed by atoms with Crippen LogP contribution in [0.3, 0.4) is 0 Å². The number of benzene rings is 4. The zero-order valence-corrected chi connectivity index (χ0v) is 28.4. The number of amides is 1. The lowest BCUT2D eigenvalue weighted by Crippen LogP contribution is -2.40. The van der Waals surface area contributed by atoms with Gasteiger partial charge in [-0.05, 0) is 100 Å². The van der Waals surface area contributed by atoms with Crippen LogP contribution in [0.5, 0.6) is 17.2 Å². The van der Waals surface area contributed by atoms with E-state index in [2.05, 4.69) is 0 Å². The van der Waals surface area contributed by atoms with Crippen LogP contribution in [-0.4, -0.2) is 45.6 Å². The molecule has 5 rings (SSSR count). The molecule has 0 bridgehead atoms. The van der Waals surface area contributed by atoms with E-state index < -0.39 is 47.6 Å². The average molecular weight is 692 g/mol. The minimum absolute atomic E-state index is 0.0597. The van der Waals surface area contributed by atoms with Crippen molar-refractivity contribution in [1.29, 1.82) is 0 Å². The number of ketones is 1. The first-order valence-corrected chi connectivity index (χ1v) is 17.2. The van der Waals surface area contributed by atoms with Gasteiger partial charge >= 0.3 is 0 Å². The molecule has 1 heterocycles. The van der Waals surface area contributed by atoms with Crippen molar-refractivity contribution in [3.8, 4) is 39.7 Å². The van der Waals surface area contributed by atoms with Crippen LogP contribution >= 0.6 is 0 Å². The predicted octanol–water partition coefficient (Wildman–Crippen LogP) is 8.78. The lowest BCUT2D eigenvalue weighted by atomic mass is 9.95. The second-order valence-corrected chi connectivity index (χ2v) is 13.3. The molecule has 0 aliphatic carbocycles. The molecule has 0 saturated heterocycles. The first-order chi connectivity index (χ1) is 26.9. The fraction of sp³-hybridized carbons (Fsp3) is 0.282. The van der Waals surface area contributed by atoms with Gasteiger partial charge in [0, 0.05) is 53.4 Å². The van der Waals surface area contributed by atoms with E-state index in [0.717, 1.165) is 16.1 Å². The Hall–Kier alpha value is -5.09. The first kappa shape index (κ1) is 25.0. The zero-order valence-electron chi connectivity index (χ0n) is 36.6. The minimum Gasteiger partial charge on any atom is -0.496 e. The fourth-order valence-electron chi connectivity index (χ4n) is 5.59. The van der Waals surface area contributed by atoms with E-state index in [9.17, 15) is 18.0 Å². The van der Waals surface area contributed by atoms with E-state index in [1.54, 1.807) is 38.1 Å². The van der Waals surface area contributed by atoms with Gasteiger partial charge in [0.2, 0.25) is 10.0 Å². The van der Waals surface area contributed by atoms with Gasteiger partial charge in [0.25, 0.3) is 5.91 Å². The summed E-state index contributed by atoms with van der Waals surface area (Å²) in [7, 11) is -2.78. The van der Waals surface area contributed by atoms with E-state index in [0.29, 0.717) is 22.4 Å². The molecule has 0 aliphatic heterocycles. The van der Waals surface area contributed by atoms with E-state index in [1.165, 1.54) is 37.4 Å². The Labute approximate surface area is 300 Å². The highest BCUT2D eigenvalue weighted by Gasteiger charge is 2.28. The molecule has 1 N–H and O–H groups in total. The van der Waals surface area contributed by atoms with Gasteiger partial charge in [-0.3, -0.25) is 13.9 Å². The first-order valence-electron chi connectivity index (χ1n) is 19.9. The van der Waals surface area contributed by atoms with E-state index in [-0.39, 0.29) is 58.2 Å². The second kappa shape index (κ2) is 13.8. The van der Waals surface area contributed by atoms with Gasteiger partial charge in [0.1, 0.15) is 28.6 Å². The summed E-state index contributed by atoms with van der Waals surface area (Å²) < 4.78 is 117. The van der Waals surface area contributed by atoms with Gasteiger partial charge in [-0.15, -0.1) is 0 Å². The molecular formula is C39H42N2O7S. The van der Waals surface area contributed by atoms with Crippen molar-refractivity contribution in [3.63, 3.8) is 0 Å². The number of rotatable bonds is 11. The highest BCUT2D eigenvalue weighted by molar-refractivity contribution is 7.92. The molecule has 5 aromatic rings. The molecule has 0 radical (unpaired) electrons. The topological polar surface area (TPSA) is 115 Å². The third-order valence-corrected chi connectivity index (χ3v) is 9.02. The summed E-state index contributed by atoms with van der Waals surface area (Å²) in [6.07, 6.45) is 1.07. The van der Waals surface area contributed by atoms with Crippen molar-refractivity contribution in [2.45, 2.75) is 53.3 Å². The highest BCUT2D eigenvalue weighted by Crippen LogP contribution is 2.43. The van der Waals surface area contributed by atoms with Crippen molar-refractivity contribution in [1.82, 2.24) is 5.32 Å². The number of nitrogens with zero attached hydrogens (tertiary/aromatic N) is 1. The summed E-state index contributed by atoms with van der Waals surface area (Å²) in [5.41, 5.74) is -1.86. The largest absolute Gasteiger partial charge is 0.496 e. The number of furan rings is 1. The lowest BCUT2D eigenvalue weighted by molar-refractivity contribution is 0.0915. The Kier molecular flexibility index (Phi) is 7.03. The molecule has 9 nitrogen and oxygen atoms in total. The number of aryl methyl sites for hydroxylation is 1. The Morgan fingerprint density at radius 2 is 1.65 bits per heavy atom. The van der Waals surface area contributed by atoms with Gasteiger partial charge in [-0.1, -0.05) is 25.1 Å². The number of hydrogen-bond acceptors (Lipinski definition) is 7. The summed E-state index contributed by atoms with van der Waals surface area (Å²) in [4.78, 5) is 27.7. The molecule has 49 heavy (non-hydrogen) atoms. The summed E-state index contributed by atoms with van der Waals surface area (Å²) in [5.74, 6) is -0.513. The molecule has 10 heteroatoms. The Balaban J connectivity index is 1.74. The lowest BCUT2D eigenvalue weighted by Gasteiger charge is -2.24. The summed E-state index contributed by atoms with van der Waals surface area (Å²) in [5, 5.41) is 2.12. The molecule has 1 aromatic heterocycles. The molecule has 0 aliphatic rings. The fourth-order valence-corrected chi connectivity index (χ4v) is 6.57. The quantitative estimate of drug-likeness (QED) is 0.138. The van der Waals surface area contributed by atoms with Gasteiger partial charge in [-0.2, -0.15) is 0 Å². The summed E-state index contributed by atoms with van der Waals surface area (Å²) in [6.45, 7) is -6.07. The SMILES string of the molecule is [2H]C([2H])([2H])C(NC(=O)c1cc(-c2cc3c(C(=O)CC)c(-c4ccc(Oc5cccc(C)c5)cc4)oc3cc2N(CC)S(C)(=O)=O)ccc1OC)(C([2H])([2H])[2H])C([2H])([2H])[2H]. The monoisotopic (exact) mass is 691 g/mol. The number of nitrogens with one attached hydrogen (secondary N) is 1. The zero-order chi connectivity index (χ0) is 43.2. The minimum atomic E-state index is -3.97. The number of ether oxygens (including phenoxy) is 2. The normalized spacial score (nSPS) is 15.2. The van der Waals surface area contributed by atoms with Crippen molar-refractivity contribution in [3.05, 3.63) is 95.6 Å². The maximum Gasteiger partial charge on any atom is 0.255 e. The number of anilines is 1. The molecule has 1 amide bonds. The second-order valence-electron chi connectivity index (χ2n) is 11.4. The molecular weight excluding hydrogens is 641 g/mol. The standard InChI is InChI=1S/C39H42N2O7S/c1-9-33(42)36-30-22-29(26-16-19-34(46-7)31(21-26)38(43)40-39(4,5)6)32(41(10-2)49(8,44)45)23-35(30)48-37(36)25-14-17-27(18-15-25)47-28-13-11-12-24(3)20-28/h11-23H,9-10H2,1-8H3,(H,40,43)/i4D3,5D3,6D3. The van der Waals surface area contributed by atoms with Crippen LogP contribution in [0.25, 0.3) is 33.4 Å². The molecule has 256 valence electrons. The highest BCUT2D eigenvalue weighted by atomic mass is 32.2. The summed E-state index contributed by atoms with van der Waals surface area (Å²) >= 11 is 0. The molecule has 0 unspecified atom stereocenters. The Bertz CT molecular complexity index is 2440. The number of hydrogen-bond donors (Lipinski definition) is 1. The number of methoxy groups -OCH3 is 1. The predicted molar refractivity (Wildman–Crippen MR) is 195 cm³/mol. The number of Topliss-reactive ketones (excluding diaryl/α,β-unsaturated/α-hetero) is 1. The van der Waals surface area contributed by atoms with Crippen molar-refractivity contribution >= 4 is 38.4 Å². The Morgan fingerprint density at radius 1 is 0.939 bits per heavy atom. The Morgan fingerprint density at radius 3 is 2.27 bits per heavy atom. The van der Waals surface area contributed by atoms with Crippen LogP contribution < -0.4 is 19.1 Å². The van der Waals surface area contributed by atoms with E-state index in [1.807, 2.05) is 36.5 Å². The maximum absolute atomic E-state index is 14.0. The third kappa shape index (κ3) is 7.65. The van der Waals surface area contributed by atoms with Gasteiger partial charge < -0.3 is 19.2 Å². The van der Waals surface area contributed by atoms with Crippen LogP contribution in [0.4, 0.5) is 5.69 Å².